The molecule has 1 saturated heterocycles. The first-order chi connectivity index (χ1) is 13.1. The van der Waals surface area contributed by atoms with Gasteiger partial charge in [0, 0.05) is 18.8 Å². The fourth-order valence-electron chi connectivity index (χ4n) is 3.34. The summed E-state index contributed by atoms with van der Waals surface area (Å²) in [6, 6.07) is 5.93. The minimum atomic E-state index is -0.255. The van der Waals surface area contributed by atoms with Crippen LogP contribution < -0.4 is 11.1 Å². The van der Waals surface area contributed by atoms with Crippen LogP contribution in [-0.2, 0) is 0 Å². The number of aromatic amines is 1. The average molecular weight is 374 g/mol. The Balaban J connectivity index is 0.00000225. The van der Waals surface area contributed by atoms with E-state index in [1.54, 1.807) is 0 Å². The molecule has 148 valence electrons. The van der Waals surface area contributed by atoms with Crippen molar-refractivity contribution >= 4 is 22.8 Å². The van der Waals surface area contributed by atoms with Crippen molar-refractivity contribution in [1.29, 1.82) is 0 Å². The molecular formula is C19H31N7O. The SMILES string of the molecule is Cc1ccc2nc(-c3nc(C(=O)NCCN4CCCC4)cnc3N)[nH]c2c1.[HH].[HH].[HH].[HH]. The van der Waals surface area contributed by atoms with Crippen molar-refractivity contribution < 1.29 is 10.5 Å². The molecule has 0 spiro atoms. The van der Waals surface area contributed by atoms with Gasteiger partial charge in [0.2, 0.25) is 0 Å². The normalized spacial score (nSPS) is 14.7. The van der Waals surface area contributed by atoms with Crippen molar-refractivity contribution in [1.82, 2.24) is 30.2 Å². The van der Waals surface area contributed by atoms with Gasteiger partial charge in [0.25, 0.3) is 5.91 Å². The summed E-state index contributed by atoms with van der Waals surface area (Å²) < 4.78 is 0. The zero-order valence-corrected chi connectivity index (χ0v) is 15.3. The summed E-state index contributed by atoms with van der Waals surface area (Å²) in [5, 5.41) is 2.90. The standard InChI is InChI=1S/C19H23N7O.4H2/c1-12-4-5-13-14(10-12)25-18(24-13)16-17(20)22-11-15(23-16)19(27)21-6-9-26-7-2-3-8-26;;;;/h4-5,10-11H,2-3,6-9H2,1H3,(H2,20,22)(H,21,27)(H,24,25);4*1H. The highest BCUT2D eigenvalue weighted by Gasteiger charge is 2.16. The van der Waals surface area contributed by atoms with Crippen LogP contribution in [0.4, 0.5) is 5.82 Å². The Morgan fingerprint density at radius 3 is 2.96 bits per heavy atom. The molecule has 1 aliphatic heterocycles. The van der Waals surface area contributed by atoms with E-state index in [0.717, 1.165) is 36.2 Å². The summed E-state index contributed by atoms with van der Waals surface area (Å²) in [5.41, 5.74) is 9.44. The topological polar surface area (TPSA) is 113 Å². The number of aryl methyl sites for hydroxylation is 1. The first kappa shape index (κ1) is 17.4. The van der Waals surface area contributed by atoms with Crippen LogP contribution in [0.15, 0.2) is 24.4 Å². The Kier molecular flexibility index (Phi) is 4.72. The molecule has 0 unspecified atom stereocenters. The lowest BCUT2D eigenvalue weighted by atomic mass is 10.2. The van der Waals surface area contributed by atoms with Gasteiger partial charge in [0.05, 0.1) is 17.2 Å². The van der Waals surface area contributed by atoms with Gasteiger partial charge >= 0.3 is 0 Å². The molecule has 4 rings (SSSR count). The Labute approximate surface area is 163 Å². The number of aromatic nitrogens is 4. The van der Waals surface area contributed by atoms with Gasteiger partial charge in [-0.2, -0.15) is 0 Å². The summed E-state index contributed by atoms with van der Waals surface area (Å²) in [5.74, 6) is 0.488. The highest BCUT2D eigenvalue weighted by Crippen LogP contribution is 2.23. The molecule has 1 aromatic carbocycles. The molecule has 0 atom stereocenters. The quantitative estimate of drug-likeness (QED) is 0.634. The van der Waals surface area contributed by atoms with Crippen LogP contribution in [0.5, 0.6) is 0 Å². The maximum Gasteiger partial charge on any atom is 0.271 e. The number of anilines is 1. The molecule has 3 aromatic rings. The summed E-state index contributed by atoms with van der Waals surface area (Å²) in [4.78, 5) is 31.0. The highest BCUT2D eigenvalue weighted by molar-refractivity contribution is 5.93. The molecule has 0 radical (unpaired) electrons. The first-order valence-electron chi connectivity index (χ1n) is 9.20. The third-order valence-corrected chi connectivity index (χ3v) is 4.81. The maximum atomic E-state index is 12.4. The van der Waals surface area contributed by atoms with Gasteiger partial charge in [-0.1, -0.05) is 6.07 Å². The second-order valence-electron chi connectivity index (χ2n) is 6.90. The molecular weight excluding hydrogens is 342 g/mol. The van der Waals surface area contributed by atoms with Crippen molar-refractivity contribution in [2.24, 2.45) is 0 Å². The summed E-state index contributed by atoms with van der Waals surface area (Å²) >= 11 is 0. The van der Waals surface area contributed by atoms with E-state index in [2.05, 4.69) is 30.2 Å². The number of benzene rings is 1. The van der Waals surface area contributed by atoms with Crippen molar-refractivity contribution in [3.05, 3.63) is 35.7 Å². The lowest BCUT2D eigenvalue weighted by Gasteiger charge is -2.14. The van der Waals surface area contributed by atoms with E-state index >= 15 is 0 Å². The number of nitrogens with zero attached hydrogens (tertiary/aromatic N) is 4. The number of likely N-dealkylation sites (tertiary alicyclic amines) is 1. The number of rotatable bonds is 5. The number of carbonyl (C=O) groups is 1. The van der Waals surface area contributed by atoms with Crippen molar-refractivity contribution in [3.8, 4) is 11.5 Å². The van der Waals surface area contributed by atoms with Gasteiger partial charge < -0.3 is 20.9 Å². The van der Waals surface area contributed by atoms with Gasteiger partial charge in [-0.05, 0) is 50.6 Å². The van der Waals surface area contributed by atoms with Crippen LogP contribution in [0.1, 0.15) is 34.6 Å². The number of nitrogens with one attached hydrogen (secondary N) is 2. The van der Waals surface area contributed by atoms with E-state index in [4.69, 9.17) is 5.73 Å². The molecule has 0 aliphatic carbocycles. The first-order valence-corrected chi connectivity index (χ1v) is 9.20. The number of nitrogen functional groups attached to an aromatic ring is 1. The second-order valence-corrected chi connectivity index (χ2v) is 6.90. The van der Waals surface area contributed by atoms with Gasteiger partial charge in [-0.15, -0.1) is 0 Å². The number of fused-ring (bicyclic) bond motifs is 1. The number of carbonyl (C=O) groups excluding carboxylic acids is 1. The minimum absolute atomic E-state index is 0. The van der Waals surface area contributed by atoms with E-state index < -0.39 is 0 Å². The Hall–Kier alpha value is -3.00. The minimum Gasteiger partial charge on any atom is -0.382 e. The molecule has 2 aromatic heterocycles. The fourth-order valence-corrected chi connectivity index (χ4v) is 3.34. The Bertz CT molecular complexity index is 993. The van der Waals surface area contributed by atoms with E-state index in [1.807, 2.05) is 25.1 Å². The predicted octanol–water partition coefficient (Wildman–Crippen LogP) is 2.72. The number of imidazole rings is 1. The number of hydrogen-bond donors (Lipinski definition) is 3. The molecule has 8 nitrogen and oxygen atoms in total. The molecule has 0 bridgehead atoms. The van der Waals surface area contributed by atoms with Crippen molar-refractivity contribution in [2.75, 3.05) is 31.9 Å². The van der Waals surface area contributed by atoms with Crippen molar-refractivity contribution in [3.63, 3.8) is 0 Å². The predicted molar refractivity (Wildman–Crippen MR) is 113 cm³/mol. The molecule has 4 N–H and O–H groups in total. The van der Waals surface area contributed by atoms with Gasteiger partial charge in [-0.3, -0.25) is 4.79 Å². The van der Waals surface area contributed by atoms with Crippen LogP contribution >= 0.6 is 0 Å². The molecule has 1 fully saturated rings. The largest absolute Gasteiger partial charge is 0.382 e. The monoisotopic (exact) mass is 373 g/mol. The molecule has 0 saturated carbocycles. The van der Waals surface area contributed by atoms with Crippen LogP contribution in [-0.4, -0.2) is 56.9 Å². The fraction of sp³-hybridized carbons (Fsp3) is 0.368. The summed E-state index contributed by atoms with van der Waals surface area (Å²) in [6.07, 6.45) is 3.87. The number of H-pyrrole nitrogens is 1. The number of amides is 1. The third kappa shape index (κ3) is 3.75. The maximum absolute atomic E-state index is 12.4. The zero-order valence-electron chi connectivity index (χ0n) is 15.3. The molecule has 1 aliphatic rings. The van der Waals surface area contributed by atoms with Crippen molar-refractivity contribution in [2.45, 2.75) is 19.8 Å². The highest BCUT2D eigenvalue weighted by atomic mass is 16.1. The third-order valence-electron chi connectivity index (χ3n) is 4.81. The molecule has 27 heavy (non-hydrogen) atoms. The Morgan fingerprint density at radius 1 is 1.33 bits per heavy atom. The number of nitrogens with two attached hydrogens (primary N) is 1. The van der Waals surface area contributed by atoms with E-state index in [0.29, 0.717) is 18.1 Å². The average Bonchev–Trinajstić information content (AvgIpc) is 3.31. The molecule has 8 heteroatoms. The number of hydrogen-bond acceptors (Lipinski definition) is 6. The Morgan fingerprint density at radius 2 is 2.15 bits per heavy atom. The van der Waals surface area contributed by atoms with Crippen LogP contribution in [0, 0.1) is 6.92 Å². The second kappa shape index (κ2) is 7.32. The lowest BCUT2D eigenvalue weighted by molar-refractivity contribution is 0.0944. The van der Waals surface area contributed by atoms with Crippen LogP contribution in [0.3, 0.4) is 0 Å². The van der Waals surface area contributed by atoms with E-state index in [9.17, 15) is 4.79 Å². The molecule has 3 heterocycles. The lowest BCUT2D eigenvalue weighted by Crippen LogP contribution is -2.34. The van der Waals surface area contributed by atoms with E-state index in [1.165, 1.54) is 19.0 Å². The van der Waals surface area contributed by atoms with E-state index in [-0.39, 0.29) is 23.1 Å². The molecule has 1 amide bonds. The summed E-state index contributed by atoms with van der Waals surface area (Å²) in [6.45, 7) is 5.66. The zero-order chi connectivity index (χ0) is 18.8. The smallest absolute Gasteiger partial charge is 0.271 e. The van der Waals surface area contributed by atoms with Gasteiger partial charge in [0.1, 0.15) is 11.4 Å². The van der Waals surface area contributed by atoms with Gasteiger partial charge in [-0.25, -0.2) is 15.0 Å². The summed E-state index contributed by atoms with van der Waals surface area (Å²) in [7, 11) is 0. The van der Waals surface area contributed by atoms with Crippen LogP contribution in [0.2, 0.25) is 0 Å². The van der Waals surface area contributed by atoms with Crippen LogP contribution in [0.25, 0.3) is 22.6 Å². The van der Waals surface area contributed by atoms with Gasteiger partial charge in [0.15, 0.2) is 11.6 Å².